The summed E-state index contributed by atoms with van der Waals surface area (Å²) < 4.78 is 15.8. The first-order valence-electron chi connectivity index (χ1n) is 5.46. The van der Waals surface area contributed by atoms with Crippen LogP contribution in [0.3, 0.4) is 0 Å². The Balaban J connectivity index is 3.09. The van der Waals surface area contributed by atoms with Crippen molar-refractivity contribution in [3.05, 3.63) is 34.3 Å². The number of hydrogen-bond acceptors (Lipinski definition) is 2. The molecule has 0 radical (unpaired) electrons. The molecule has 0 amide bonds. The molecule has 1 aromatic carbocycles. The standard InChI is InChI=1S/C13H18ClNOS/c1-9-11(7-6-8-12(9)14)10(2)15-17(16)13(3,4)5/h6-8H,1-5H3/t17-/m1/s1. The maximum absolute atomic E-state index is 11.9. The van der Waals surface area contributed by atoms with Gasteiger partial charge in [-0.2, -0.15) is 0 Å². The van der Waals surface area contributed by atoms with Crippen LogP contribution in [0.4, 0.5) is 0 Å². The molecule has 2 nitrogen and oxygen atoms in total. The van der Waals surface area contributed by atoms with Crippen molar-refractivity contribution in [3.63, 3.8) is 0 Å². The lowest BCUT2D eigenvalue weighted by molar-refractivity contribution is 0.561. The van der Waals surface area contributed by atoms with Gasteiger partial charge in [0, 0.05) is 10.6 Å². The molecule has 17 heavy (non-hydrogen) atoms. The number of rotatable bonds is 2. The Hall–Kier alpha value is -0.510. The van der Waals surface area contributed by atoms with E-state index < -0.39 is 11.4 Å². The van der Waals surface area contributed by atoms with E-state index in [1.54, 1.807) is 0 Å². The van der Waals surface area contributed by atoms with Crippen LogP contribution in [-0.2, 0) is 11.4 Å². The Labute approximate surface area is 111 Å². The van der Waals surface area contributed by atoms with Gasteiger partial charge in [0.2, 0.25) is 0 Å². The third kappa shape index (κ3) is 3.73. The summed E-state index contributed by atoms with van der Waals surface area (Å²) in [4.78, 5) is 0. The molecule has 0 bridgehead atoms. The molecule has 0 unspecified atom stereocenters. The fourth-order valence-electron chi connectivity index (χ4n) is 1.31. The van der Waals surface area contributed by atoms with Gasteiger partial charge in [-0.3, -0.25) is 0 Å². The maximum Gasteiger partial charge on any atom is 0.144 e. The molecule has 0 saturated heterocycles. The lowest BCUT2D eigenvalue weighted by atomic mass is 10.1. The predicted molar refractivity (Wildman–Crippen MR) is 76.3 cm³/mol. The fraction of sp³-hybridized carbons (Fsp3) is 0.462. The van der Waals surface area contributed by atoms with Gasteiger partial charge >= 0.3 is 0 Å². The van der Waals surface area contributed by atoms with Gasteiger partial charge in [0.05, 0.1) is 5.71 Å². The number of nitrogens with zero attached hydrogens (tertiary/aromatic N) is 1. The van der Waals surface area contributed by atoms with E-state index in [0.29, 0.717) is 5.02 Å². The highest BCUT2D eigenvalue weighted by atomic mass is 35.5. The maximum atomic E-state index is 11.9. The Morgan fingerprint density at radius 1 is 1.35 bits per heavy atom. The summed E-state index contributed by atoms with van der Waals surface area (Å²) in [6.45, 7) is 9.53. The summed E-state index contributed by atoms with van der Waals surface area (Å²) in [5.74, 6) is 0. The van der Waals surface area contributed by atoms with Gasteiger partial charge in [-0.15, -0.1) is 0 Å². The van der Waals surface area contributed by atoms with Crippen LogP contribution in [0.15, 0.2) is 22.6 Å². The van der Waals surface area contributed by atoms with Crippen molar-refractivity contribution < 1.29 is 4.55 Å². The minimum Gasteiger partial charge on any atom is -0.591 e. The topological polar surface area (TPSA) is 35.4 Å². The molecule has 0 spiro atoms. The highest BCUT2D eigenvalue weighted by molar-refractivity contribution is 7.91. The van der Waals surface area contributed by atoms with E-state index >= 15 is 0 Å². The van der Waals surface area contributed by atoms with E-state index in [2.05, 4.69) is 4.40 Å². The molecule has 0 aliphatic rings. The van der Waals surface area contributed by atoms with Gasteiger partial charge in [-0.25, -0.2) is 0 Å². The predicted octanol–water partition coefficient (Wildman–Crippen LogP) is 3.92. The molecule has 0 saturated carbocycles. The third-order valence-electron chi connectivity index (χ3n) is 2.40. The summed E-state index contributed by atoms with van der Waals surface area (Å²) in [5, 5.41) is 0.707. The van der Waals surface area contributed by atoms with Crippen LogP contribution in [0.25, 0.3) is 0 Å². The van der Waals surface area contributed by atoms with Crippen molar-refractivity contribution in [2.24, 2.45) is 4.40 Å². The minimum atomic E-state index is -1.24. The zero-order chi connectivity index (χ0) is 13.2. The van der Waals surface area contributed by atoms with Gasteiger partial charge in [0.15, 0.2) is 0 Å². The Bertz CT molecular complexity index is 438. The zero-order valence-electron chi connectivity index (χ0n) is 10.9. The molecule has 94 valence electrons. The summed E-state index contributed by atoms with van der Waals surface area (Å²) in [7, 11) is 0. The monoisotopic (exact) mass is 271 g/mol. The number of hydrogen-bond donors (Lipinski definition) is 0. The molecule has 4 heteroatoms. The van der Waals surface area contributed by atoms with E-state index in [1.807, 2.05) is 52.8 Å². The van der Waals surface area contributed by atoms with Gasteiger partial charge in [0.25, 0.3) is 0 Å². The summed E-state index contributed by atoms with van der Waals surface area (Å²) >= 11 is 4.82. The molecule has 0 N–H and O–H groups in total. The van der Waals surface area contributed by atoms with Gasteiger partial charge in [-0.1, -0.05) is 28.1 Å². The zero-order valence-corrected chi connectivity index (χ0v) is 12.4. The van der Waals surface area contributed by atoms with Crippen LogP contribution in [-0.4, -0.2) is 15.0 Å². The summed E-state index contributed by atoms with van der Waals surface area (Å²) in [6, 6.07) is 5.66. The first kappa shape index (κ1) is 14.6. The normalized spacial score (nSPS) is 14.9. The molecule has 1 rings (SSSR count). The van der Waals surface area contributed by atoms with Crippen molar-refractivity contribution >= 4 is 28.7 Å². The van der Waals surface area contributed by atoms with Crippen LogP contribution >= 0.6 is 11.6 Å². The van der Waals surface area contributed by atoms with Crippen molar-refractivity contribution in [2.45, 2.75) is 39.4 Å². The van der Waals surface area contributed by atoms with Crippen LogP contribution < -0.4 is 0 Å². The second kappa shape index (κ2) is 5.42. The largest absolute Gasteiger partial charge is 0.591 e. The first-order valence-corrected chi connectivity index (χ1v) is 6.94. The number of halogens is 1. The molecule has 0 aliphatic carbocycles. The Morgan fingerprint density at radius 2 is 1.94 bits per heavy atom. The average Bonchev–Trinajstić information content (AvgIpc) is 2.20. The van der Waals surface area contributed by atoms with Crippen molar-refractivity contribution in [1.29, 1.82) is 0 Å². The molecule has 0 aromatic heterocycles. The quantitative estimate of drug-likeness (QED) is 0.593. The van der Waals surface area contributed by atoms with Crippen LogP contribution in [0, 0.1) is 6.92 Å². The SMILES string of the molecule is CC(=N[S@+]([O-])C(C)(C)C)c1cccc(Cl)c1C. The molecule has 1 aromatic rings. The third-order valence-corrected chi connectivity index (χ3v) is 4.30. The van der Waals surface area contributed by atoms with Gasteiger partial charge in [-0.05, 0) is 46.2 Å². The second-order valence-corrected chi connectivity index (χ2v) is 7.26. The molecule has 0 heterocycles. The van der Waals surface area contributed by atoms with Crippen molar-refractivity contribution in [3.8, 4) is 0 Å². The van der Waals surface area contributed by atoms with Crippen molar-refractivity contribution in [1.82, 2.24) is 0 Å². The van der Waals surface area contributed by atoms with Crippen LogP contribution in [0.5, 0.6) is 0 Å². The van der Waals surface area contributed by atoms with Gasteiger partial charge < -0.3 is 4.55 Å². The van der Waals surface area contributed by atoms with E-state index in [9.17, 15) is 4.55 Å². The van der Waals surface area contributed by atoms with Crippen LogP contribution in [0.2, 0.25) is 5.02 Å². The van der Waals surface area contributed by atoms with E-state index in [1.165, 1.54) is 0 Å². The Morgan fingerprint density at radius 3 is 2.47 bits per heavy atom. The smallest absolute Gasteiger partial charge is 0.144 e. The average molecular weight is 272 g/mol. The molecule has 0 aliphatic heterocycles. The van der Waals surface area contributed by atoms with Crippen molar-refractivity contribution in [2.75, 3.05) is 0 Å². The highest BCUT2D eigenvalue weighted by Crippen LogP contribution is 2.22. The van der Waals surface area contributed by atoms with E-state index in [0.717, 1.165) is 16.8 Å². The highest BCUT2D eigenvalue weighted by Gasteiger charge is 2.27. The van der Waals surface area contributed by atoms with E-state index in [-0.39, 0.29) is 4.75 Å². The second-order valence-electron chi connectivity index (χ2n) is 4.95. The summed E-state index contributed by atoms with van der Waals surface area (Å²) in [6.07, 6.45) is 0. The molecule has 1 atom stereocenters. The van der Waals surface area contributed by atoms with E-state index in [4.69, 9.17) is 11.6 Å². The van der Waals surface area contributed by atoms with Crippen LogP contribution in [0.1, 0.15) is 38.8 Å². The lowest BCUT2D eigenvalue weighted by Crippen LogP contribution is -2.26. The first-order chi connectivity index (χ1) is 7.73. The Kier molecular flexibility index (Phi) is 4.64. The minimum absolute atomic E-state index is 0.340. The van der Waals surface area contributed by atoms with Gasteiger partial charge in [0.1, 0.15) is 16.1 Å². The fourth-order valence-corrected chi connectivity index (χ4v) is 2.11. The molecular formula is C13H18ClNOS. The molecule has 0 fully saturated rings. The number of benzene rings is 1. The summed E-state index contributed by atoms with van der Waals surface area (Å²) in [5.41, 5.74) is 2.69. The lowest BCUT2D eigenvalue weighted by Gasteiger charge is -2.19. The molecular weight excluding hydrogens is 254 g/mol.